The Balaban J connectivity index is 1.78. The molecule has 7 heteroatoms. The van der Waals surface area contributed by atoms with Crippen LogP contribution in [0.5, 0.6) is 5.75 Å². The first-order valence-corrected chi connectivity index (χ1v) is 11.0. The molecule has 0 saturated carbocycles. The van der Waals surface area contributed by atoms with Crippen molar-refractivity contribution in [2.75, 3.05) is 27.4 Å². The lowest BCUT2D eigenvalue weighted by molar-refractivity contribution is 0.0692. The van der Waals surface area contributed by atoms with Gasteiger partial charge in [0, 0.05) is 42.8 Å². The second-order valence-electron chi connectivity index (χ2n) is 7.62. The molecule has 0 aliphatic heterocycles. The predicted molar refractivity (Wildman–Crippen MR) is 129 cm³/mol. The smallest absolute Gasteiger partial charge is 0.289 e. The number of rotatable bonds is 9. The number of ether oxygens (including phenoxy) is 2. The van der Waals surface area contributed by atoms with Crippen molar-refractivity contribution < 1.29 is 18.7 Å². The summed E-state index contributed by atoms with van der Waals surface area (Å²) in [5.74, 6) is 0.856. The third kappa shape index (κ3) is 5.35. The maximum absolute atomic E-state index is 13.2. The maximum atomic E-state index is 13.2. The Morgan fingerprint density at radius 2 is 1.97 bits per heavy atom. The van der Waals surface area contributed by atoms with E-state index in [1.807, 2.05) is 42.5 Å². The van der Waals surface area contributed by atoms with Gasteiger partial charge in [-0.05, 0) is 54.4 Å². The summed E-state index contributed by atoms with van der Waals surface area (Å²) in [6, 6.07) is 18.8. The Morgan fingerprint density at radius 1 is 1.09 bits per heavy atom. The summed E-state index contributed by atoms with van der Waals surface area (Å²) < 4.78 is 16.0. The van der Waals surface area contributed by atoms with Crippen molar-refractivity contribution in [3.8, 4) is 17.0 Å². The molecule has 0 radical (unpaired) electrons. The Morgan fingerprint density at radius 3 is 2.73 bits per heavy atom. The zero-order valence-corrected chi connectivity index (χ0v) is 19.3. The van der Waals surface area contributed by atoms with Crippen LogP contribution in [-0.4, -0.2) is 43.2 Å². The predicted octanol–water partition coefficient (Wildman–Crippen LogP) is 5.84. The molecule has 0 aliphatic rings. The molecule has 0 atom stereocenters. The monoisotopic (exact) mass is 464 g/mol. The highest BCUT2D eigenvalue weighted by atomic mass is 35.5. The maximum Gasteiger partial charge on any atom is 0.289 e. The van der Waals surface area contributed by atoms with E-state index in [4.69, 9.17) is 30.5 Å². The SMILES string of the molecule is COCCCN(Cc1cc2ccc(Cl)cc2nc1-c1cccc(OC)c1)C(=O)c1ccco1. The molecule has 6 nitrogen and oxygen atoms in total. The number of benzene rings is 2. The van der Waals surface area contributed by atoms with E-state index in [1.165, 1.54) is 6.26 Å². The van der Waals surface area contributed by atoms with Crippen LogP contribution in [-0.2, 0) is 11.3 Å². The largest absolute Gasteiger partial charge is 0.497 e. The van der Waals surface area contributed by atoms with Crippen molar-refractivity contribution in [1.82, 2.24) is 9.88 Å². The van der Waals surface area contributed by atoms with Gasteiger partial charge in [-0.2, -0.15) is 0 Å². The highest BCUT2D eigenvalue weighted by Gasteiger charge is 2.21. The fourth-order valence-electron chi connectivity index (χ4n) is 3.74. The number of methoxy groups -OCH3 is 2. The van der Waals surface area contributed by atoms with Crippen molar-refractivity contribution in [3.05, 3.63) is 83.3 Å². The van der Waals surface area contributed by atoms with Gasteiger partial charge in [0.25, 0.3) is 5.91 Å². The first-order valence-electron chi connectivity index (χ1n) is 10.6. The summed E-state index contributed by atoms with van der Waals surface area (Å²) in [7, 11) is 3.28. The van der Waals surface area contributed by atoms with Crippen molar-refractivity contribution in [1.29, 1.82) is 0 Å². The fraction of sp³-hybridized carbons (Fsp3) is 0.231. The van der Waals surface area contributed by atoms with Crippen molar-refractivity contribution in [2.45, 2.75) is 13.0 Å². The van der Waals surface area contributed by atoms with E-state index in [0.29, 0.717) is 36.9 Å². The second-order valence-corrected chi connectivity index (χ2v) is 8.05. The van der Waals surface area contributed by atoms with Gasteiger partial charge in [0.2, 0.25) is 0 Å². The topological polar surface area (TPSA) is 64.8 Å². The van der Waals surface area contributed by atoms with Crippen molar-refractivity contribution in [3.63, 3.8) is 0 Å². The summed E-state index contributed by atoms with van der Waals surface area (Å²) in [6.07, 6.45) is 2.21. The van der Waals surface area contributed by atoms with E-state index in [9.17, 15) is 4.79 Å². The zero-order chi connectivity index (χ0) is 23.2. The van der Waals surface area contributed by atoms with Crippen LogP contribution >= 0.6 is 11.6 Å². The quantitative estimate of drug-likeness (QED) is 0.291. The Hall–Kier alpha value is -3.35. The number of hydrogen-bond acceptors (Lipinski definition) is 5. The minimum Gasteiger partial charge on any atom is -0.497 e. The number of fused-ring (bicyclic) bond motifs is 1. The van der Waals surface area contributed by atoms with Gasteiger partial charge < -0.3 is 18.8 Å². The molecule has 1 amide bonds. The van der Waals surface area contributed by atoms with Gasteiger partial charge >= 0.3 is 0 Å². The summed E-state index contributed by atoms with van der Waals surface area (Å²) in [4.78, 5) is 19.9. The summed E-state index contributed by atoms with van der Waals surface area (Å²) in [5.41, 5.74) is 3.36. The lowest BCUT2D eigenvalue weighted by Crippen LogP contribution is -2.32. The second kappa shape index (κ2) is 10.5. The van der Waals surface area contributed by atoms with E-state index in [2.05, 4.69) is 6.07 Å². The van der Waals surface area contributed by atoms with Crippen LogP contribution in [0, 0.1) is 0 Å². The number of carbonyl (C=O) groups excluding carboxylic acids is 1. The van der Waals surface area contributed by atoms with E-state index < -0.39 is 0 Å². The number of pyridine rings is 1. The van der Waals surface area contributed by atoms with Crippen molar-refractivity contribution in [2.24, 2.45) is 0 Å². The average molecular weight is 465 g/mol. The molecule has 0 aliphatic carbocycles. The first-order chi connectivity index (χ1) is 16.1. The number of halogens is 1. The molecule has 170 valence electrons. The van der Waals surface area contributed by atoms with E-state index >= 15 is 0 Å². The lowest BCUT2D eigenvalue weighted by Gasteiger charge is -2.23. The first kappa shape index (κ1) is 22.8. The van der Waals surface area contributed by atoms with Crippen LogP contribution in [0.15, 0.2) is 71.3 Å². The Labute approximate surface area is 197 Å². The lowest BCUT2D eigenvalue weighted by atomic mass is 10.0. The van der Waals surface area contributed by atoms with Crippen LogP contribution in [0.25, 0.3) is 22.2 Å². The number of amides is 1. The molecular weight excluding hydrogens is 440 g/mol. The standard InChI is InChI=1S/C26H25ClN2O4/c1-31-12-5-11-29(26(30)24-8-4-13-33-24)17-20-14-18-9-10-21(27)16-23(18)28-25(20)19-6-3-7-22(15-19)32-2/h3-4,6-10,13-16H,5,11-12,17H2,1-2H3. The minimum absolute atomic E-state index is 0.177. The molecule has 0 saturated heterocycles. The number of aromatic nitrogens is 1. The summed E-state index contributed by atoms with van der Waals surface area (Å²) >= 11 is 6.22. The molecule has 4 aromatic rings. The molecule has 0 fully saturated rings. The molecule has 33 heavy (non-hydrogen) atoms. The molecule has 2 aromatic carbocycles. The molecule has 0 spiro atoms. The van der Waals surface area contributed by atoms with E-state index in [0.717, 1.165) is 33.5 Å². The molecule has 0 N–H and O–H groups in total. The van der Waals surface area contributed by atoms with Gasteiger partial charge in [-0.15, -0.1) is 0 Å². The van der Waals surface area contributed by atoms with Crippen LogP contribution in [0.3, 0.4) is 0 Å². The number of furan rings is 1. The Kier molecular flexibility index (Phi) is 7.27. The third-order valence-corrected chi connectivity index (χ3v) is 5.59. The van der Waals surface area contributed by atoms with Crippen LogP contribution in [0.4, 0.5) is 0 Å². The van der Waals surface area contributed by atoms with Gasteiger partial charge in [0.05, 0.1) is 24.6 Å². The van der Waals surface area contributed by atoms with Gasteiger partial charge in [0.1, 0.15) is 5.75 Å². The normalized spacial score (nSPS) is 11.0. The van der Waals surface area contributed by atoms with Crippen LogP contribution in [0.1, 0.15) is 22.5 Å². The summed E-state index contributed by atoms with van der Waals surface area (Å²) in [6.45, 7) is 1.43. The Bertz CT molecular complexity index is 1240. The molecule has 0 unspecified atom stereocenters. The fourth-order valence-corrected chi connectivity index (χ4v) is 3.91. The van der Waals surface area contributed by atoms with Crippen molar-refractivity contribution >= 4 is 28.4 Å². The minimum atomic E-state index is -0.177. The molecule has 4 rings (SSSR count). The zero-order valence-electron chi connectivity index (χ0n) is 18.6. The van der Waals surface area contributed by atoms with E-state index in [1.54, 1.807) is 31.3 Å². The van der Waals surface area contributed by atoms with Gasteiger partial charge in [0.15, 0.2) is 5.76 Å². The molecule has 2 aromatic heterocycles. The van der Waals surface area contributed by atoms with Gasteiger partial charge in [-0.1, -0.05) is 29.8 Å². The highest BCUT2D eigenvalue weighted by molar-refractivity contribution is 6.31. The van der Waals surface area contributed by atoms with Gasteiger partial charge in [-0.3, -0.25) is 4.79 Å². The third-order valence-electron chi connectivity index (χ3n) is 5.36. The number of hydrogen-bond donors (Lipinski definition) is 0. The van der Waals surface area contributed by atoms with Gasteiger partial charge in [-0.25, -0.2) is 4.98 Å². The molecule has 2 heterocycles. The van der Waals surface area contributed by atoms with Crippen LogP contribution < -0.4 is 4.74 Å². The average Bonchev–Trinajstić information content (AvgIpc) is 3.38. The number of nitrogens with zero attached hydrogens (tertiary/aromatic N) is 2. The molecular formula is C26H25ClN2O4. The highest BCUT2D eigenvalue weighted by Crippen LogP contribution is 2.30. The molecule has 0 bridgehead atoms. The van der Waals surface area contributed by atoms with E-state index in [-0.39, 0.29) is 5.91 Å². The number of carbonyl (C=O) groups is 1. The summed E-state index contributed by atoms with van der Waals surface area (Å²) in [5, 5.41) is 1.57. The van der Waals surface area contributed by atoms with Crippen LogP contribution in [0.2, 0.25) is 5.02 Å².